The lowest BCUT2D eigenvalue weighted by atomic mass is 9.92. The summed E-state index contributed by atoms with van der Waals surface area (Å²) in [7, 11) is 3.40. The Balaban J connectivity index is 1.51. The second-order valence-electron chi connectivity index (χ2n) is 7.35. The molecule has 25 heavy (non-hydrogen) atoms. The molecule has 2 fully saturated rings. The third-order valence-electron chi connectivity index (χ3n) is 5.56. The molecule has 5 nitrogen and oxygen atoms in total. The number of ether oxygens (including phenoxy) is 3. The van der Waals surface area contributed by atoms with Crippen molar-refractivity contribution in [1.82, 2.24) is 10.2 Å². The van der Waals surface area contributed by atoms with Crippen molar-refractivity contribution in [1.29, 1.82) is 0 Å². The van der Waals surface area contributed by atoms with Gasteiger partial charge in [-0.2, -0.15) is 0 Å². The van der Waals surface area contributed by atoms with Gasteiger partial charge in [0.25, 0.3) is 0 Å². The average molecular weight is 348 g/mol. The molecular formula is C20H32N2O3. The van der Waals surface area contributed by atoms with Gasteiger partial charge in [0.15, 0.2) is 0 Å². The van der Waals surface area contributed by atoms with Crippen molar-refractivity contribution in [2.45, 2.75) is 44.8 Å². The van der Waals surface area contributed by atoms with Crippen molar-refractivity contribution < 1.29 is 14.2 Å². The molecule has 2 aliphatic heterocycles. The molecule has 0 saturated carbocycles. The average Bonchev–Trinajstić information content (AvgIpc) is 3.08. The van der Waals surface area contributed by atoms with Gasteiger partial charge in [0.05, 0.1) is 14.2 Å². The summed E-state index contributed by atoms with van der Waals surface area (Å²) in [5, 5.41) is 3.86. The van der Waals surface area contributed by atoms with E-state index in [1.54, 1.807) is 14.2 Å². The number of nitrogens with one attached hydrogen (secondary N) is 1. The van der Waals surface area contributed by atoms with Crippen LogP contribution in [0, 0.1) is 5.92 Å². The van der Waals surface area contributed by atoms with Gasteiger partial charge in [-0.25, -0.2) is 0 Å². The molecule has 0 aliphatic carbocycles. The van der Waals surface area contributed by atoms with Gasteiger partial charge >= 0.3 is 0 Å². The van der Waals surface area contributed by atoms with Crippen molar-refractivity contribution >= 4 is 0 Å². The monoisotopic (exact) mass is 348 g/mol. The maximum atomic E-state index is 5.48. The standard InChI is InChI=1S/C20H32N2O3/c1-15(17-5-8-25-9-6-17)21-18-4-7-22(14-18)13-16-10-19(23-2)12-20(11-16)24-3/h10-12,15,17-18,21H,4-9,13-14H2,1-3H3/t15-,18-/m0/s1. The summed E-state index contributed by atoms with van der Waals surface area (Å²) in [5.74, 6) is 2.47. The van der Waals surface area contributed by atoms with Crippen LogP contribution >= 0.6 is 0 Å². The van der Waals surface area contributed by atoms with Gasteiger partial charge < -0.3 is 19.5 Å². The summed E-state index contributed by atoms with van der Waals surface area (Å²) in [4.78, 5) is 2.52. The third kappa shape index (κ3) is 5.09. The number of hydrogen-bond acceptors (Lipinski definition) is 5. The Morgan fingerprint density at radius 3 is 2.44 bits per heavy atom. The van der Waals surface area contributed by atoms with Gasteiger partial charge in [0.1, 0.15) is 11.5 Å². The molecule has 0 spiro atoms. The van der Waals surface area contributed by atoms with E-state index >= 15 is 0 Å². The van der Waals surface area contributed by atoms with Crippen LogP contribution in [0.3, 0.4) is 0 Å². The fourth-order valence-corrected chi connectivity index (χ4v) is 4.05. The Bertz CT molecular complexity index is 523. The summed E-state index contributed by atoms with van der Waals surface area (Å²) in [6, 6.07) is 7.30. The number of likely N-dealkylation sites (tertiary alicyclic amines) is 1. The van der Waals surface area contributed by atoms with E-state index < -0.39 is 0 Å². The lowest BCUT2D eigenvalue weighted by molar-refractivity contribution is 0.0545. The first-order chi connectivity index (χ1) is 12.2. The highest BCUT2D eigenvalue weighted by Gasteiger charge is 2.27. The number of benzene rings is 1. The predicted octanol–water partition coefficient (Wildman–Crippen LogP) is 2.68. The highest BCUT2D eigenvalue weighted by molar-refractivity contribution is 5.38. The molecule has 1 N–H and O–H groups in total. The third-order valence-corrected chi connectivity index (χ3v) is 5.56. The molecular weight excluding hydrogens is 316 g/mol. The molecule has 2 saturated heterocycles. The first-order valence-corrected chi connectivity index (χ1v) is 9.46. The van der Waals surface area contributed by atoms with E-state index in [0.29, 0.717) is 12.1 Å². The van der Waals surface area contributed by atoms with Crippen LogP contribution in [0.4, 0.5) is 0 Å². The molecule has 0 amide bonds. The zero-order valence-electron chi connectivity index (χ0n) is 15.8. The van der Waals surface area contributed by atoms with E-state index in [9.17, 15) is 0 Å². The Morgan fingerprint density at radius 1 is 1.12 bits per heavy atom. The summed E-state index contributed by atoms with van der Waals surface area (Å²) in [5.41, 5.74) is 1.24. The van der Waals surface area contributed by atoms with Crippen molar-refractivity contribution in [2.24, 2.45) is 5.92 Å². The van der Waals surface area contributed by atoms with Gasteiger partial charge in [0, 0.05) is 51.0 Å². The first-order valence-electron chi connectivity index (χ1n) is 9.46. The molecule has 3 rings (SSSR count). The Labute approximate surface area is 151 Å². The van der Waals surface area contributed by atoms with Crippen LogP contribution in [0.2, 0.25) is 0 Å². The number of methoxy groups -OCH3 is 2. The van der Waals surface area contributed by atoms with E-state index in [1.807, 2.05) is 6.07 Å². The lowest BCUT2D eigenvalue weighted by Gasteiger charge is -2.30. The first kappa shape index (κ1) is 18.5. The smallest absolute Gasteiger partial charge is 0.122 e. The minimum atomic E-state index is 0.575. The van der Waals surface area contributed by atoms with Crippen LogP contribution < -0.4 is 14.8 Å². The van der Waals surface area contributed by atoms with Gasteiger partial charge in [-0.05, 0) is 49.8 Å². The molecule has 2 heterocycles. The minimum Gasteiger partial charge on any atom is -0.497 e. The summed E-state index contributed by atoms with van der Waals surface area (Å²) in [6.45, 7) is 7.37. The molecule has 0 bridgehead atoms. The van der Waals surface area contributed by atoms with E-state index in [4.69, 9.17) is 14.2 Å². The molecule has 2 atom stereocenters. The molecule has 1 aromatic rings. The van der Waals surface area contributed by atoms with Crippen LogP contribution in [-0.4, -0.2) is 57.5 Å². The van der Waals surface area contributed by atoms with Gasteiger partial charge in [0.2, 0.25) is 0 Å². The molecule has 0 unspecified atom stereocenters. The molecule has 2 aliphatic rings. The normalized spacial score (nSPS) is 23.6. The fourth-order valence-electron chi connectivity index (χ4n) is 4.05. The van der Waals surface area contributed by atoms with Gasteiger partial charge in [-0.1, -0.05) is 0 Å². The van der Waals surface area contributed by atoms with Crippen LogP contribution in [0.1, 0.15) is 31.7 Å². The molecule has 5 heteroatoms. The van der Waals surface area contributed by atoms with E-state index in [-0.39, 0.29) is 0 Å². The zero-order chi connectivity index (χ0) is 17.6. The quantitative estimate of drug-likeness (QED) is 0.821. The molecule has 0 radical (unpaired) electrons. The van der Waals surface area contributed by atoms with Crippen molar-refractivity contribution in [3.63, 3.8) is 0 Å². The molecule has 140 valence electrons. The highest BCUT2D eigenvalue weighted by Crippen LogP contribution is 2.25. The maximum Gasteiger partial charge on any atom is 0.122 e. The molecule has 1 aromatic carbocycles. The predicted molar refractivity (Wildman–Crippen MR) is 99.4 cm³/mol. The molecule has 0 aromatic heterocycles. The van der Waals surface area contributed by atoms with E-state index in [0.717, 1.165) is 50.3 Å². The Hall–Kier alpha value is -1.30. The number of hydrogen-bond donors (Lipinski definition) is 1. The van der Waals surface area contributed by atoms with E-state index in [2.05, 4.69) is 29.3 Å². The zero-order valence-corrected chi connectivity index (χ0v) is 15.8. The van der Waals surface area contributed by atoms with Crippen LogP contribution in [0.25, 0.3) is 0 Å². The van der Waals surface area contributed by atoms with Crippen molar-refractivity contribution in [3.8, 4) is 11.5 Å². The fraction of sp³-hybridized carbons (Fsp3) is 0.700. The van der Waals surface area contributed by atoms with Gasteiger partial charge in [-0.15, -0.1) is 0 Å². The van der Waals surface area contributed by atoms with E-state index in [1.165, 1.54) is 24.8 Å². The van der Waals surface area contributed by atoms with Crippen molar-refractivity contribution in [2.75, 3.05) is 40.5 Å². The van der Waals surface area contributed by atoms with Gasteiger partial charge in [-0.3, -0.25) is 4.90 Å². The second-order valence-corrected chi connectivity index (χ2v) is 7.35. The Kier molecular flexibility index (Phi) is 6.57. The number of nitrogens with zero attached hydrogens (tertiary/aromatic N) is 1. The maximum absolute atomic E-state index is 5.48. The summed E-state index contributed by atoms with van der Waals surface area (Å²) >= 11 is 0. The summed E-state index contributed by atoms with van der Waals surface area (Å²) < 4.78 is 16.2. The summed E-state index contributed by atoms with van der Waals surface area (Å²) in [6.07, 6.45) is 3.59. The minimum absolute atomic E-state index is 0.575. The van der Waals surface area contributed by atoms with Crippen molar-refractivity contribution in [3.05, 3.63) is 23.8 Å². The van der Waals surface area contributed by atoms with Crippen LogP contribution in [0.5, 0.6) is 11.5 Å². The van der Waals surface area contributed by atoms with Crippen LogP contribution in [-0.2, 0) is 11.3 Å². The second kappa shape index (κ2) is 8.88. The largest absolute Gasteiger partial charge is 0.497 e. The number of rotatable bonds is 7. The SMILES string of the molecule is COc1cc(CN2CC[C@H](N[C@@H](C)C3CCOCC3)C2)cc(OC)c1. The highest BCUT2D eigenvalue weighted by atomic mass is 16.5. The topological polar surface area (TPSA) is 43.0 Å². The Morgan fingerprint density at radius 2 is 1.80 bits per heavy atom. The lowest BCUT2D eigenvalue weighted by Crippen LogP contribution is -2.43. The van der Waals surface area contributed by atoms with Crippen LogP contribution in [0.15, 0.2) is 18.2 Å².